The van der Waals surface area contributed by atoms with Gasteiger partial charge in [0.2, 0.25) is 0 Å². The molecule has 2 atom stereocenters. The van der Waals surface area contributed by atoms with Crippen LogP contribution in [0.25, 0.3) is 10.9 Å². The number of hydrogen-bond donors (Lipinski definition) is 3. The number of ether oxygens (including phenoxy) is 1. The minimum Gasteiger partial charge on any atom is -0.481 e. The van der Waals surface area contributed by atoms with Crippen LogP contribution in [0, 0.1) is 13.8 Å². The molecule has 2 unspecified atom stereocenters. The zero-order valence-corrected chi connectivity index (χ0v) is 20.3. The van der Waals surface area contributed by atoms with Crippen LogP contribution in [0.2, 0.25) is 0 Å². The molecule has 1 aromatic heterocycles. The molecule has 0 spiro atoms. The molecule has 6 nitrogen and oxygen atoms in total. The third-order valence-electron chi connectivity index (χ3n) is 6.04. The van der Waals surface area contributed by atoms with Crippen molar-refractivity contribution >= 4 is 23.0 Å². The first kappa shape index (κ1) is 24.4. The number of aromatic nitrogens is 1. The summed E-state index contributed by atoms with van der Waals surface area (Å²) in [5.74, 6) is -1.28. The van der Waals surface area contributed by atoms with Crippen molar-refractivity contribution in [1.29, 1.82) is 0 Å². The van der Waals surface area contributed by atoms with Gasteiger partial charge in [0.25, 0.3) is 0 Å². The van der Waals surface area contributed by atoms with E-state index in [2.05, 4.69) is 10.3 Å². The second kappa shape index (κ2) is 9.30. The summed E-state index contributed by atoms with van der Waals surface area (Å²) in [6.07, 6.45) is 1.80. The van der Waals surface area contributed by atoms with Crippen molar-refractivity contribution in [3.05, 3.63) is 70.9 Å². The number of benzene rings is 2. The molecule has 1 amide bonds. The maximum Gasteiger partial charge on any atom is 0.407 e. The van der Waals surface area contributed by atoms with E-state index >= 15 is 0 Å². The highest BCUT2D eigenvalue weighted by atomic mass is 16.6. The molecule has 33 heavy (non-hydrogen) atoms. The van der Waals surface area contributed by atoms with Crippen molar-refractivity contribution in [3.8, 4) is 0 Å². The van der Waals surface area contributed by atoms with Crippen LogP contribution in [0.4, 0.5) is 4.79 Å². The fourth-order valence-corrected chi connectivity index (χ4v) is 4.46. The molecule has 3 rings (SSSR count). The smallest absolute Gasteiger partial charge is 0.407 e. The Hall–Kier alpha value is -3.28. The van der Waals surface area contributed by atoms with Gasteiger partial charge in [0.05, 0.1) is 5.41 Å². The Bertz CT molecular complexity index is 1140. The van der Waals surface area contributed by atoms with Gasteiger partial charge in [-0.1, -0.05) is 35.4 Å². The highest BCUT2D eigenvalue weighted by Crippen LogP contribution is 2.43. The molecule has 0 saturated carbocycles. The second-order valence-corrected chi connectivity index (χ2v) is 9.98. The highest BCUT2D eigenvalue weighted by Gasteiger charge is 2.44. The van der Waals surface area contributed by atoms with Gasteiger partial charge in [-0.3, -0.25) is 4.79 Å². The summed E-state index contributed by atoms with van der Waals surface area (Å²) < 4.78 is 5.35. The third-order valence-corrected chi connectivity index (χ3v) is 6.04. The molecular formula is C27H34N2O4. The predicted molar refractivity (Wildman–Crippen MR) is 131 cm³/mol. The maximum atomic E-state index is 12.8. The topological polar surface area (TPSA) is 91.4 Å². The number of alkyl carbamates (subject to hydrolysis) is 1. The molecule has 0 saturated heterocycles. The summed E-state index contributed by atoms with van der Waals surface area (Å²) in [5.41, 5.74) is 2.90. The van der Waals surface area contributed by atoms with Gasteiger partial charge < -0.3 is 20.1 Å². The molecule has 0 aliphatic carbocycles. The van der Waals surface area contributed by atoms with Gasteiger partial charge in [-0.2, -0.15) is 0 Å². The zero-order valence-electron chi connectivity index (χ0n) is 20.3. The Balaban J connectivity index is 2.01. The van der Waals surface area contributed by atoms with Crippen molar-refractivity contribution in [1.82, 2.24) is 10.3 Å². The van der Waals surface area contributed by atoms with Crippen LogP contribution >= 0.6 is 0 Å². The van der Waals surface area contributed by atoms with Crippen molar-refractivity contribution in [2.24, 2.45) is 0 Å². The fourth-order valence-electron chi connectivity index (χ4n) is 4.46. The van der Waals surface area contributed by atoms with Gasteiger partial charge in [0.15, 0.2) is 0 Å². The number of carbonyl (C=O) groups is 2. The lowest BCUT2D eigenvalue weighted by atomic mass is 9.67. The van der Waals surface area contributed by atoms with Crippen molar-refractivity contribution in [2.75, 3.05) is 6.54 Å². The summed E-state index contributed by atoms with van der Waals surface area (Å²) in [4.78, 5) is 28.2. The van der Waals surface area contributed by atoms with Crippen molar-refractivity contribution in [3.63, 3.8) is 0 Å². The number of carbonyl (C=O) groups excluding carboxylic acids is 1. The Labute approximate surface area is 195 Å². The molecule has 0 radical (unpaired) electrons. The number of nitrogens with one attached hydrogen (secondary N) is 2. The largest absolute Gasteiger partial charge is 0.481 e. The van der Waals surface area contributed by atoms with E-state index in [1.807, 2.05) is 83.3 Å². The first-order valence-electron chi connectivity index (χ1n) is 11.3. The number of hydrogen-bond acceptors (Lipinski definition) is 3. The first-order valence-corrected chi connectivity index (χ1v) is 11.3. The fraction of sp³-hybridized carbons (Fsp3) is 0.407. The lowest BCUT2D eigenvalue weighted by Crippen LogP contribution is -2.41. The minimum absolute atomic E-state index is 0.290. The molecule has 2 aromatic carbocycles. The Morgan fingerprint density at radius 1 is 1.03 bits per heavy atom. The van der Waals surface area contributed by atoms with E-state index in [-0.39, 0.29) is 5.92 Å². The predicted octanol–water partition coefficient (Wildman–Crippen LogP) is 5.83. The van der Waals surface area contributed by atoms with E-state index in [0.717, 1.165) is 33.2 Å². The zero-order chi connectivity index (χ0) is 24.4. The van der Waals surface area contributed by atoms with E-state index in [9.17, 15) is 14.7 Å². The van der Waals surface area contributed by atoms with Crippen LogP contribution < -0.4 is 5.32 Å². The molecule has 176 valence electrons. The average molecular weight is 451 g/mol. The Morgan fingerprint density at radius 2 is 1.70 bits per heavy atom. The van der Waals surface area contributed by atoms with Crippen LogP contribution in [-0.2, 0) is 14.9 Å². The van der Waals surface area contributed by atoms with Gasteiger partial charge in [0, 0.05) is 24.2 Å². The quantitative estimate of drug-likeness (QED) is 0.423. The number of fused-ring (bicyclic) bond motifs is 1. The number of H-pyrrole nitrogens is 1. The molecule has 0 bridgehead atoms. The summed E-state index contributed by atoms with van der Waals surface area (Å²) in [6.45, 7) is 11.4. The molecule has 0 aliphatic heterocycles. The van der Waals surface area contributed by atoms with E-state index < -0.39 is 23.1 Å². The molecule has 0 fully saturated rings. The maximum absolute atomic E-state index is 12.8. The van der Waals surface area contributed by atoms with Crippen LogP contribution in [0.5, 0.6) is 0 Å². The van der Waals surface area contributed by atoms with Crippen LogP contribution in [-0.4, -0.2) is 34.3 Å². The lowest BCUT2D eigenvalue weighted by molar-refractivity contribution is -0.144. The number of rotatable bonds is 7. The lowest BCUT2D eigenvalue weighted by Gasteiger charge is -2.36. The number of aliphatic carboxylic acids is 1. The van der Waals surface area contributed by atoms with E-state index in [4.69, 9.17) is 4.74 Å². The Kier molecular flexibility index (Phi) is 6.86. The minimum atomic E-state index is -1.20. The second-order valence-electron chi connectivity index (χ2n) is 9.98. The van der Waals surface area contributed by atoms with Crippen LogP contribution in [0.3, 0.4) is 0 Å². The molecule has 6 heteroatoms. The molecule has 3 aromatic rings. The number of aromatic amines is 1. The number of carboxylic acids is 1. The monoisotopic (exact) mass is 450 g/mol. The number of carboxylic acid groups (broad SMARTS) is 1. The van der Waals surface area contributed by atoms with Crippen LogP contribution in [0.15, 0.2) is 48.7 Å². The van der Waals surface area contributed by atoms with Crippen molar-refractivity contribution in [2.45, 2.75) is 64.9 Å². The molecule has 3 N–H and O–H groups in total. The van der Waals surface area contributed by atoms with E-state index in [0.29, 0.717) is 13.0 Å². The first-order chi connectivity index (χ1) is 15.4. The SMILES string of the molecule is Cc1cc(C)cc(C(C)(C(=O)O)C(CCNC(=O)OC(C)(C)C)c2ccc3[nH]ccc3c2)c1. The van der Waals surface area contributed by atoms with Gasteiger partial charge in [-0.15, -0.1) is 0 Å². The Morgan fingerprint density at radius 3 is 2.30 bits per heavy atom. The van der Waals surface area contributed by atoms with Gasteiger partial charge >= 0.3 is 12.1 Å². The van der Waals surface area contributed by atoms with E-state index in [1.54, 1.807) is 6.92 Å². The number of aryl methyl sites for hydroxylation is 2. The summed E-state index contributed by atoms with van der Waals surface area (Å²) in [6, 6.07) is 13.9. The summed E-state index contributed by atoms with van der Waals surface area (Å²) in [5, 5.41) is 14.3. The molecular weight excluding hydrogens is 416 g/mol. The summed E-state index contributed by atoms with van der Waals surface area (Å²) >= 11 is 0. The normalized spacial score (nSPS) is 14.5. The van der Waals surface area contributed by atoms with Gasteiger partial charge in [-0.05, 0) is 82.7 Å². The number of amides is 1. The average Bonchev–Trinajstić information content (AvgIpc) is 3.16. The van der Waals surface area contributed by atoms with Crippen molar-refractivity contribution < 1.29 is 19.4 Å². The molecule has 0 aliphatic rings. The molecule has 1 heterocycles. The van der Waals surface area contributed by atoms with Gasteiger partial charge in [-0.25, -0.2) is 4.79 Å². The van der Waals surface area contributed by atoms with Crippen LogP contribution in [0.1, 0.15) is 62.3 Å². The van der Waals surface area contributed by atoms with Gasteiger partial charge in [0.1, 0.15) is 5.60 Å². The summed E-state index contributed by atoms with van der Waals surface area (Å²) in [7, 11) is 0. The van der Waals surface area contributed by atoms with E-state index in [1.165, 1.54) is 0 Å². The standard InChI is InChI=1S/C27H34N2O4/c1-17-13-18(2)15-21(14-17)27(6,24(30)31)22(10-12-29-25(32)33-26(3,4)5)19-7-8-23-20(16-19)9-11-28-23/h7-9,11,13-16,22,28H,10,12H2,1-6H3,(H,29,32)(H,30,31). The third kappa shape index (κ3) is 5.56. The highest BCUT2D eigenvalue weighted by molar-refractivity contribution is 5.84.